The summed E-state index contributed by atoms with van der Waals surface area (Å²) in [5.74, 6) is -0.851. The molecule has 160 valence electrons. The van der Waals surface area contributed by atoms with Crippen LogP contribution in [0.1, 0.15) is 11.1 Å². The van der Waals surface area contributed by atoms with Gasteiger partial charge in [0.25, 0.3) is 5.91 Å². The van der Waals surface area contributed by atoms with E-state index in [0.717, 1.165) is 11.1 Å². The van der Waals surface area contributed by atoms with Gasteiger partial charge in [-0.05, 0) is 17.2 Å². The van der Waals surface area contributed by atoms with Crippen molar-refractivity contribution in [2.75, 3.05) is 6.61 Å². The van der Waals surface area contributed by atoms with E-state index < -0.39 is 24.2 Å². The summed E-state index contributed by atoms with van der Waals surface area (Å²) in [6, 6.07) is 20.9. The molecule has 3 rings (SSSR count). The smallest absolute Gasteiger partial charge is 0.259 e. The highest BCUT2D eigenvalue weighted by atomic mass is 16.6. The van der Waals surface area contributed by atoms with Gasteiger partial charge in [-0.15, -0.1) is 0 Å². The maximum Gasteiger partial charge on any atom is 0.259 e. The van der Waals surface area contributed by atoms with Gasteiger partial charge in [-0.25, -0.2) is 0 Å². The van der Waals surface area contributed by atoms with Gasteiger partial charge in [0, 0.05) is 5.57 Å². The molecule has 3 N–H and O–H groups in total. The number of aliphatic hydroxyl groups is 1. The third kappa shape index (κ3) is 6.03. The Morgan fingerprint density at radius 2 is 1.65 bits per heavy atom. The molecule has 2 aromatic rings. The molecular weight excluding hydrogens is 396 g/mol. The standard InChI is InChI=1S/C24H24N2O5/c25-12-19(24(26)28)11-20-16-29-21(13-27)23(31-15-18-9-5-2-6-10-18)22(20)30-14-17-7-3-1-4-8-17/h1-11,16,21-23,27H,13-15H2,(H2,26,28)/b19-11+/t21-,22+,23-/m0/s1. The molecule has 1 aliphatic rings. The van der Waals surface area contributed by atoms with Crippen molar-refractivity contribution in [2.24, 2.45) is 5.73 Å². The Labute approximate surface area is 181 Å². The minimum atomic E-state index is -0.851. The highest BCUT2D eigenvalue weighted by Gasteiger charge is 2.38. The third-order valence-electron chi connectivity index (χ3n) is 4.81. The number of carbonyl (C=O) groups excluding carboxylic acids is 1. The molecule has 3 atom stereocenters. The lowest BCUT2D eigenvalue weighted by atomic mass is 9.96. The lowest BCUT2D eigenvalue weighted by Gasteiger charge is -2.36. The second kappa shape index (κ2) is 11.1. The summed E-state index contributed by atoms with van der Waals surface area (Å²) in [5.41, 5.74) is 7.37. The number of aliphatic hydroxyl groups excluding tert-OH is 1. The molecule has 1 heterocycles. The molecule has 1 amide bonds. The first-order chi connectivity index (χ1) is 15.1. The number of ether oxygens (including phenoxy) is 3. The van der Waals surface area contributed by atoms with Crippen molar-refractivity contribution in [3.63, 3.8) is 0 Å². The Balaban J connectivity index is 1.88. The zero-order chi connectivity index (χ0) is 22.1. The van der Waals surface area contributed by atoms with E-state index in [1.807, 2.05) is 60.7 Å². The van der Waals surface area contributed by atoms with Crippen LogP contribution in [-0.4, -0.2) is 35.9 Å². The van der Waals surface area contributed by atoms with Crippen LogP contribution in [0.15, 0.2) is 84.1 Å². The van der Waals surface area contributed by atoms with Crippen LogP contribution in [0, 0.1) is 11.3 Å². The van der Waals surface area contributed by atoms with Crippen molar-refractivity contribution >= 4 is 5.91 Å². The van der Waals surface area contributed by atoms with Gasteiger partial charge in [-0.1, -0.05) is 60.7 Å². The van der Waals surface area contributed by atoms with Gasteiger partial charge in [-0.2, -0.15) is 5.26 Å². The van der Waals surface area contributed by atoms with Gasteiger partial charge in [-0.3, -0.25) is 4.79 Å². The molecule has 0 fully saturated rings. The Bertz CT molecular complexity index is 966. The number of hydrogen-bond acceptors (Lipinski definition) is 6. The number of carbonyl (C=O) groups is 1. The van der Waals surface area contributed by atoms with Crippen LogP contribution in [-0.2, 0) is 32.2 Å². The number of rotatable bonds is 9. The summed E-state index contributed by atoms with van der Waals surface area (Å²) in [6.45, 7) is 0.242. The molecule has 7 nitrogen and oxygen atoms in total. The molecule has 0 unspecified atom stereocenters. The summed E-state index contributed by atoms with van der Waals surface area (Å²) >= 11 is 0. The highest BCUT2D eigenvalue weighted by Crippen LogP contribution is 2.28. The Morgan fingerprint density at radius 3 is 2.16 bits per heavy atom. The quantitative estimate of drug-likeness (QED) is 0.475. The van der Waals surface area contributed by atoms with E-state index in [4.69, 9.17) is 19.9 Å². The molecule has 0 spiro atoms. The van der Waals surface area contributed by atoms with Crippen LogP contribution in [0.4, 0.5) is 0 Å². The van der Waals surface area contributed by atoms with Gasteiger partial charge in [0.2, 0.25) is 0 Å². The number of benzene rings is 2. The topological polar surface area (TPSA) is 115 Å². The number of nitrogens with two attached hydrogens (primary N) is 1. The van der Waals surface area contributed by atoms with Gasteiger partial charge in [0.15, 0.2) is 0 Å². The van der Waals surface area contributed by atoms with E-state index in [1.54, 1.807) is 6.07 Å². The maximum atomic E-state index is 11.6. The summed E-state index contributed by atoms with van der Waals surface area (Å²) in [6.07, 6.45) is 0.653. The Hall–Kier alpha value is -3.44. The maximum absolute atomic E-state index is 11.6. The molecule has 0 saturated carbocycles. The van der Waals surface area contributed by atoms with Crippen LogP contribution >= 0.6 is 0 Å². The van der Waals surface area contributed by atoms with Crippen molar-refractivity contribution in [1.29, 1.82) is 5.26 Å². The number of amides is 1. The fraction of sp³-hybridized carbons (Fsp3) is 0.250. The summed E-state index contributed by atoms with van der Waals surface area (Å²) in [5, 5.41) is 19.1. The van der Waals surface area contributed by atoms with Crippen LogP contribution in [0.5, 0.6) is 0 Å². The number of nitriles is 1. The second-order valence-electron chi connectivity index (χ2n) is 6.99. The molecule has 2 aromatic carbocycles. The second-order valence-corrected chi connectivity index (χ2v) is 6.99. The molecule has 7 heteroatoms. The van der Waals surface area contributed by atoms with Gasteiger partial charge in [0.05, 0.1) is 26.1 Å². The fourth-order valence-electron chi connectivity index (χ4n) is 3.20. The fourth-order valence-corrected chi connectivity index (χ4v) is 3.20. The third-order valence-corrected chi connectivity index (χ3v) is 4.81. The molecule has 0 bridgehead atoms. The molecule has 1 aliphatic heterocycles. The van der Waals surface area contributed by atoms with E-state index in [1.165, 1.54) is 12.3 Å². The lowest BCUT2D eigenvalue weighted by molar-refractivity contribution is -0.143. The van der Waals surface area contributed by atoms with Crippen molar-refractivity contribution < 1.29 is 24.1 Å². The average molecular weight is 420 g/mol. The van der Waals surface area contributed by atoms with Crippen LogP contribution in [0.3, 0.4) is 0 Å². The molecule has 0 aromatic heterocycles. The predicted molar refractivity (Wildman–Crippen MR) is 113 cm³/mol. The van der Waals surface area contributed by atoms with Crippen LogP contribution < -0.4 is 5.73 Å². The van der Waals surface area contributed by atoms with Crippen LogP contribution in [0.25, 0.3) is 0 Å². The zero-order valence-electron chi connectivity index (χ0n) is 16.9. The zero-order valence-corrected chi connectivity index (χ0v) is 16.9. The van der Waals surface area contributed by atoms with Crippen molar-refractivity contribution in [2.45, 2.75) is 31.5 Å². The summed E-state index contributed by atoms with van der Waals surface area (Å²) in [7, 11) is 0. The summed E-state index contributed by atoms with van der Waals surface area (Å²) in [4.78, 5) is 11.6. The number of hydrogen-bond donors (Lipinski definition) is 2. The van der Waals surface area contributed by atoms with Gasteiger partial charge in [0.1, 0.15) is 30.0 Å². The lowest BCUT2D eigenvalue weighted by Crippen LogP contribution is -2.47. The van der Waals surface area contributed by atoms with E-state index >= 15 is 0 Å². The number of primary amides is 1. The van der Waals surface area contributed by atoms with E-state index in [-0.39, 0.29) is 25.4 Å². The normalized spacial score (nSPS) is 21.0. The van der Waals surface area contributed by atoms with E-state index in [9.17, 15) is 15.2 Å². The summed E-state index contributed by atoms with van der Waals surface area (Å²) < 4.78 is 17.9. The van der Waals surface area contributed by atoms with E-state index in [2.05, 4.69) is 0 Å². The Morgan fingerprint density at radius 1 is 1.06 bits per heavy atom. The molecular formula is C24H24N2O5. The molecule has 0 radical (unpaired) electrons. The number of nitrogens with zero attached hydrogens (tertiary/aromatic N) is 1. The van der Waals surface area contributed by atoms with E-state index in [0.29, 0.717) is 5.57 Å². The largest absolute Gasteiger partial charge is 0.492 e. The first-order valence-corrected chi connectivity index (χ1v) is 9.81. The first kappa shape index (κ1) is 22.2. The molecule has 0 aliphatic carbocycles. The minimum Gasteiger partial charge on any atom is -0.492 e. The Kier molecular flexibility index (Phi) is 7.96. The highest BCUT2D eigenvalue weighted by molar-refractivity contribution is 5.96. The predicted octanol–water partition coefficient (Wildman–Crippen LogP) is 2.37. The average Bonchev–Trinajstić information content (AvgIpc) is 2.81. The monoisotopic (exact) mass is 420 g/mol. The SMILES string of the molecule is N#C/C(=C\C1=CO[C@@H](CO)[C@H](OCc2ccccc2)[C@@H]1OCc1ccccc1)C(N)=O. The van der Waals surface area contributed by atoms with Crippen molar-refractivity contribution in [3.05, 3.63) is 95.3 Å². The molecule has 0 saturated heterocycles. The van der Waals surface area contributed by atoms with Crippen molar-refractivity contribution in [1.82, 2.24) is 0 Å². The van der Waals surface area contributed by atoms with Crippen molar-refractivity contribution in [3.8, 4) is 6.07 Å². The minimum absolute atomic E-state index is 0.229. The van der Waals surface area contributed by atoms with Gasteiger partial charge >= 0.3 is 0 Å². The molecule has 31 heavy (non-hydrogen) atoms. The van der Waals surface area contributed by atoms with Gasteiger partial charge < -0.3 is 25.1 Å². The van der Waals surface area contributed by atoms with Crippen LogP contribution in [0.2, 0.25) is 0 Å². The first-order valence-electron chi connectivity index (χ1n) is 9.81.